The first kappa shape index (κ1) is 15.2. The van der Waals surface area contributed by atoms with Crippen molar-refractivity contribution in [1.82, 2.24) is 5.32 Å². The van der Waals surface area contributed by atoms with E-state index in [1.165, 1.54) is 18.9 Å². The maximum absolute atomic E-state index is 13.5. The van der Waals surface area contributed by atoms with Gasteiger partial charge in [-0.1, -0.05) is 32.8 Å². The Labute approximate surface area is 126 Å². The fraction of sp³-hybridized carbons (Fsp3) is 0.562. The Kier molecular flexibility index (Phi) is 4.97. The highest BCUT2D eigenvalue weighted by Gasteiger charge is 2.27. The van der Waals surface area contributed by atoms with Gasteiger partial charge in [0.2, 0.25) is 0 Å². The van der Waals surface area contributed by atoms with Crippen molar-refractivity contribution in [3.63, 3.8) is 0 Å². The van der Waals surface area contributed by atoms with E-state index in [4.69, 9.17) is 12.2 Å². The van der Waals surface area contributed by atoms with Gasteiger partial charge in [0.1, 0.15) is 5.82 Å². The van der Waals surface area contributed by atoms with Crippen molar-refractivity contribution >= 4 is 23.0 Å². The predicted molar refractivity (Wildman–Crippen MR) is 86.5 cm³/mol. The third kappa shape index (κ3) is 3.69. The zero-order chi connectivity index (χ0) is 14.7. The third-order valence-electron chi connectivity index (χ3n) is 4.45. The van der Waals surface area contributed by atoms with E-state index in [9.17, 15) is 4.39 Å². The molecule has 1 saturated carbocycles. The van der Waals surface area contributed by atoms with Crippen LogP contribution in [0.5, 0.6) is 0 Å². The highest BCUT2D eigenvalue weighted by molar-refractivity contribution is 7.80. The number of aryl methyl sites for hydroxylation is 1. The standard InChI is InChI=1S/C16H23FN2S/c1-10-5-4-6-15(12(10)3)19-16(20)18-13-8-7-11(2)14(17)9-13/h7-10,12,15H,4-6H2,1-3H3,(H2,18,19,20)/t10-,12-,15+/m1/s1. The maximum Gasteiger partial charge on any atom is 0.171 e. The van der Waals surface area contributed by atoms with Crippen LogP contribution in [0.25, 0.3) is 0 Å². The Bertz CT molecular complexity index is 489. The summed E-state index contributed by atoms with van der Waals surface area (Å²) in [6.45, 7) is 6.32. The SMILES string of the molecule is Cc1ccc(NC(=S)N[C@H]2CCC[C@@H](C)[C@H]2C)cc1F. The molecule has 1 aliphatic carbocycles. The molecule has 1 fully saturated rings. The van der Waals surface area contributed by atoms with E-state index < -0.39 is 0 Å². The summed E-state index contributed by atoms with van der Waals surface area (Å²) in [5.74, 6) is 1.12. The second-order valence-corrected chi connectivity index (χ2v) is 6.34. The minimum atomic E-state index is -0.211. The van der Waals surface area contributed by atoms with E-state index in [1.54, 1.807) is 13.0 Å². The molecule has 0 saturated heterocycles. The van der Waals surface area contributed by atoms with Crippen LogP contribution in [0.1, 0.15) is 38.7 Å². The molecule has 0 unspecified atom stereocenters. The van der Waals surface area contributed by atoms with Gasteiger partial charge in [-0.3, -0.25) is 0 Å². The summed E-state index contributed by atoms with van der Waals surface area (Å²) in [5.41, 5.74) is 1.34. The van der Waals surface area contributed by atoms with Crippen molar-refractivity contribution < 1.29 is 4.39 Å². The highest BCUT2D eigenvalue weighted by Crippen LogP contribution is 2.29. The molecule has 20 heavy (non-hydrogen) atoms. The van der Waals surface area contributed by atoms with Gasteiger partial charge in [0.15, 0.2) is 5.11 Å². The van der Waals surface area contributed by atoms with E-state index in [0.717, 1.165) is 12.3 Å². The van der Waals surface area contributed by atoms with E-state index in [0.29, 0.717) is 28.3 Å². The molecule has 0 heterocycles. The molecule has 2 rings (SSSR count). The lowest BCUT2D eigenvalue weighted by atomic mass is 9.78. The summed E-state index contributed by atoms with van der Waals surface area (Å²) in [5, 5.41) is 7.04. The molecular formula is C16H23FN2S. The van der Waals surface area contributed by atoms with Gasteiger partial charge in [-0.25, -0.2) is 4.39 Å². The number of hydrogen-bond donors (Lipinski definition) is 2. The molecule has 0 amide bonds. The van der Waals surface area contributed by atoms with Gasteiger partial charge in [0.25, 0.3) is 0 Å². The van der Waals surface area contributed by atoms with Crippen LogP contribution in [0.4, 0.5) is 10.1 Å². The second kappa shape index (κ2) is 6.53. The maximum atomic E-state index is 13.5. The Hall–Kier alpha value is -1.16. The first-order valence-electron chi connectivity index (χ1n) is 7.31. The van der Waals surface area contributed by atoms with Crippen molar-refractivity contribution in [2.45, 2.75) is 46.1 Å². The topological polar surface area (TPSA) is 24.1 Å². The summed E-state index contributed by atoms with van der Waals surface area (Å²) in [4.78, 5) is 0. The average molecular weight is 294 g/mol. The van der Waals surface area contributed by atoms with Crippen molar-refractivity contribution in [3.05, 3.63) is 29.6 Å². The molecule has 0 aromatic heterocycles. The number of thiocarbonyl (C=S) groups is 1. The van der Waals surface area contributed by atoms with E-state index >= 15 is 0 Å². The number of anilines is 1. The number of rotatable bonds is 2. The first-order chi connectivity index (χ1) is 9.47. The fourth-order valence-electron chi connectivity index (χ4n) is 2.79. The van der Waals surface area contributed by atoms with Gasteiger partial charge in [-0.05, 0) is 55.1 Å². The first-order valence-corrected chi connectivity index (χ1v) is 7.72. The van der Waals surface area contributed by atoms with Gasteiger partial charge in [-0.2, -0.15) is 0 Å². The van der Waals surface area contributed by atoms with Crippen molar-refractivity contribution in [2.75, 3.05) is 5.32 Å². The van der Waals surface area contributed by atoms with E-state index in [-0.39, 0.29) is 5.82 Å². The molecule has 2 N–H and O–H groups in total. The van der Waals surface area contributed by atoms with E-state index in [1.807, 2.05) is 6.07 Å². The summed E-state index contributed by atoms with van der Waals surface area (Å²) >= 11 is 5.34. The Morgan fingerprint density at radius 1 is 1.30 bits per heavy atom. The zero-order valence-corrected chi connectivity index (χ0v) is 13.2. The van der Waals surface area contributed by atoms with Crippen LogP contribution in [0.2, 0.25) is 0 Å². The van der Waals surface area contributed by atoms with Gasteiger partial charge < -0.3 is 10.6 Å². The lowest BCUT2D eigenvalue weighted by Gasteiger charge is -2.35. The molecule has 0 aliphatic heterocycles. The molecule has 1 aliphatic rings. The monoisotopic (exact) mass is 294 g/mol. The fourth-order valence-corrected chi connectivity index (χ4v) is 3.06. The average Bonchev–Trinajstić information content (AvgIpc) is 2.39. The molecule has 2 nitrogen and oxygen atoms in total. The largest absolute Gasteiger partial charge is 0.359 e. The van der Waals surface area contributed by atoms with Crippen LogP contribution in [0.3, 0.4) is 0 Å². The third-order valence-corrected chi connectivity index (χ3v) is 4.67. The van der Waals surface area contributed by atoms with E-state index in [2.05, 4.69) is 24.5 Å². The van der Waals surface area contributed by atoms with Crippen LogP contribution in [-0.2, 0) is 0 Å². The summed E-state index contributed by atoms with van der Waals surface area (Å²) < 4.78 is 13.5. The smallest absolute Gasteiger partial charge is 0.171 e. The van der Waals surface area contributed by atoms with Crippen molar-refractivity contribution in [3.8, 4) is 0 Å². The molecule has 110 valence electrons. The molecule has 4 heteroatoms. The molecular weight excluding hydrogens is 271 g/mol. The van der Waals surface area contributed by atoms with Gasteiger partial charge in [0.05, 0.1) is 0 Å². The van der Waals surface area contributed by atoms with Crippen molar-refractivity contribution in [2.24, 2.45) is 11.8 Å². The van der Waals surface area contributed by atoms with Gasteiger partial charge in [-0.15, -0.1) is 0 Å². The van der Waals surface area contributed by atoms with Gasteiger partial charge >= 0.3 is 0 Å². The van der Waals surface area contributed by atoms with Crippen LogP contribution in [0.15, 0.2) is 18.2 Å². The van der Waals surface area contributed by atoms with Crippen LogP contribution in [-0.4, -0.2) is 11.2 Å². The summed E-state index contributed by atoms with van der Waals surface area (Å²) in [6, 6.07) is 5.50. The number of nitrogens with one attached hydrogen (secondary N) is 2. The van der Waals surface area contributed by atoms with Crippen LogP contribution < -0.4 is 10.6 Å². The lowest BCUT2D eigenvalue weighted by molar-refractivity contribution is 0.225. The molecule has 0 radical (unpaired) electrons. The molecule has 3 atom stereocenters. The minimum Gasteiger partial charge on any atom is -0.359 e. The number of hydrogen-bond acceptors (Lipinski definition) is 1. The quantitative estimate of drug-likeness (QED) is 0.798. The lowest BCUT2D eigenvalue weighted by Crippen LogP contribution is -2.45. The molecule has 1 aromatic carbocycles. The van der Waals surface area contributed by atoms with Gasteiger partial charge in [0, 0.05) is 11.7 Å². The Morgan fingerprint density at radius 2 is 2.05 bits per heavy atom. The minimum absolute atomic E-state index is 0.211. The van der Waals surface area contributed by atoms with Crippen LogP contribution in [0, 0.1) is 24.6 Å². The van der Waals surface area contributed by atoms with Crippen LogP contribution >= 0.6 is 12.2 Å². The Morgan fingerprint density at radius 3 is 2.75 bits per heavy atom. The Balaban J connectivity index is 1.93. The molecule has 1 aromatic rings. The zero-order valence-electron chi connectivity index (χ0n) is 12.4. The summed E-state index contributed by atoms with van der Waals surface area (Å²) in [7, 11) is 0. The normalized spacial score (nSPS) is 26.1. The van der Waals surface area contributed by atoms with Crippen molar-refractivity contribution in [1.29, 1.82) is 0 Å². The molecule has 0 spiro atoms. The predicted octanol–water partition coefficient (Wildman–Crippen LogP) is 4.25. The second-order valence-electron chi connectivity index (χ2n) is 5.94. The number of benzene rings is 1. The summed E-state index contributed by atoms with van der Waals surface area (Å²) in [6.07, 6.45) is 3.68. The number of halogens is 1. The highest BCUT2D eigenvalue weighted by atomic mass is 32.1. The molecule has 0 bridgehead atoms.